The number of nitrogens with zero attached hydrogens (tertiary/aromatic N) is 3. The minimum Gasteiger partial charge on any atom is -0.372 e. The van der Waals surface area contributed by atoms with Crippen molar-refractivity contribution in [2.75, 3.05) is 18.0 Å². The van der Waals surface area contributed by atoms with Gasteiger partial charge < -0.3 is 4.90 Å². The molecular weight excluding hydrogens is 361 g/mol. The first-order chi connectivity index (χ1) is 11.4. The predicted molar refractivity (Wildman–Crippen MR) is 92.0 cm³/mol. The van der Waals surface area contributed by atoms with Gasteiger partial charge in [-0.05, 0) is 56.3 Å². The molecule has 25 heavy (non-hydrogen) atoms. The first-order valence-corrected chi connectivity index (χ1v) is 9.49. The van der Waals surface area contributed by atoms with Crippen LogP contribution in [0.3, 0.4) is 0 Å². The van der Waals surface area contributed by atoms with E-state index >= 15 is 0 Å². The SMILES string of the molecule is CCN(CC)c1ccc(N=Nc2cccc(S(F)(F)(F)(F)F)c2)cc1. The van der Waals surface area contributed by atoms with Gasteiger partial charge in [-0.3, -0.25) is 0 Å². The van der Waals surface area contributed by atoms with Crippen LogP contribution in [0.2, 0.25) is 0 Å². The Bertz CT molecular complexity index is 769. The maximum Gasteiger partial charge on any atom is 0.310 e. The van der Waals surface area contributed by atoms with E-state index in [1.165, 1.54) is 6.07 Å². The van der Waals surface area contributed by atoms with Gasteiger partial charge in [0.1, 0.15) is 4.90 Å². The van der Waals surface area contributed by atoms with Crippen LogP contribution in [-0.2, 0) is 0 Å². The molecule has 0 radical (unpaired) electrons. The molecule has 0 heterocycles. The van der Waals surface area contributed by atoms with Crippen molar-refractivity contribution in [3.05, 3.63) is 48.5 Å². The number of anilines is 1. The van der Waals surface area contributed by atoms with E-state index in [4.69, 9.17) is 0 Å². The third-order valence-corrected chi connectivity index (χ3v) is 4.67. The van der Waals surface area contributed by atoms with Crippen LogP contribution in [0.1, 0.15) is 13.8 Å². The van der Waals surface area contributed by atoms with E-state index in [1.54, 1.807) is 12.1 Å². The van der Waals surface area contributed by atoms with E-state index < -0.39 is 15.1 Å². The molecule has 0 aliphatic rings. The van der Waals surface area contributed by atoms with Gasteiger partial charge in [0.2, 0.25) is 0 Å². The highest BCUT2D eigenvalue weighted by Crippen LogP contribution is 3.02. The summed E-state index contributed by atoms with van der Waals surface area (Å²) in [5.74, 6) is 0. The topological polar surface area (TPSA) is 28.0 Å². The standard InChI is InChI=1S/C16H18F5N3S/c1-3-24(4-2)15-10-8-13(9-11-15)22-23-14-6-5-7-16(12-14)25(17,18,19,20)21/h5-12H,3-4H2,1-2H3. The second-order valence-electron chi connectivity index (χ2n) is 5.36. The van der Waals surface area contributed by atoms with Gasteiger partial charge in [-0.1, -0.05) is 25.5 Å². The Morgan fingerprint density at radius 2 is 1.36 bits per heavy atom. The summed E-state index contributed by atoms with van der Waals surface area (Å²) in [4.78, 5) is 0.132. The summed E-state index contributed by atoms with van der Waals surface area (Å²) in [6.45, 7) is 5.70. The lowest BCUT2D eigenvalue weighted by atomic mass is 10.2. The smallest absolute Gasteiger partial charge is 0.310 e. The number of benzene rings is 2. The van der Waals surface area contributed by atoms with Crippen molar-refractivity contribution in [3.63, 3.8) is 0 Å². The lowest BCUT2D eigenvalue weighted by molar-refractivity contribution is 0.364. The Hall–Kier alpha value is -2.16. The fourth-order valence-corrected chi connectivity index (χ4v) is 2.90. The zero-order chi connectivity index (χ0) is 18.8. The summed E-state index contributed by atoms with van der Waals surface area (Å²) in [5.41, 5.74) is 1.10. The molecular formula is C16H18F5N3S. The van der Waals surface area contributed by atoms with Crippen LogP contribution < -0.4 is 4.90 Å². The van der Waals surface area contributed by atoms with E-state index in [9.17, 15) is 19.4 Å². The summed E-state index contributed by atoms with van der Waals surface area (Å²) in [5, 5.41) is 7.43. The molecule has 9 heteroatoms. The second-order valence-corrected chi connectivity index (χ2v) is 7.76. The van der Waals surface area contributed by atoms with Crippen LogP contribution in [-0.4, -0.2) is 13.1 Å². The van der Waals surface area contributed by atoms with E-state index in [0.717, 1.165) is 24.8 Å². The van der Waals surface area contributed by atoms with Crippen molar-refractivity contribution in [3.8, 4) is 0 Å². The minimum atomic E-state index is -9.72. The average molecular weight is 379 g/mol. The highest BCUT2D eigenvalue weighted by atomic mass is 32.5. The molecule has 0 aliphatic carbocycles. The van der Waals surface area contributed by atoms with Crippen molar-refractivity contribution in [2.24, 2.45) is 10.2 Å². The highest BCUT2D eigenvalue weighted by Gasteiger charge is 2.65. The van der Waals surface area contributed by atoms with Crippen LogP contribution in [0.5, 0.6) is 0 Å². The van der Waals surface area contributed by atoms with E-state index in [-0.39, 0.29) is 5.69 Å². The van der Waals surface area contributed by atoms with Gasteiger partial charge in [-0.15, -0.1) is 0 Å². The average Bonchev–Trinajstić information content (AvgIpc) is 2.53. The van der Waals surface area contributed by atoms with Crippen LogP contribution >= 0.6 is 10.2 Å². The van der Waals surface area contributed by atoms with Gasteiger partial charge in [0.25, 0.3) is 0 Å². The predicted octanol–water partition coefficient (Wildman–Crippen LogP) is 7.61. The van der Waals surface area contributed by atoms with Crippen molar-refractivity contribution < 1.29 is 19.4 Å². The van der Waals surface area contributed by atoms with Gasteiger partial charge in [0.05, 0.1) is 11.4 Å². The van der Waals surface area contributed by atoms with Gasteiger partial charge in [0, 0.05) is 18.8 Å². The Kier molecular flexibility index (Phi) is 4.58. The first kappa shape index (κ1) is 19.2. The van der Waals surface area contributed by atoms with Gasteiger partial charge in [-0.2, -0.15) is 10.2 Å². The normalized spacial score (nSPS) is 15.0. The summed E-state index contributed by atoms with van der Waals surface area (Å²) < 4.78 is 64.0. The molecule has 0 saturated heterocycles. The summed E-state index contributed by atoms with van der Waals surface area (Å²) >= 11 is 0. The molecule has 2 rings (SSSR count). The molecule has 0 aliphatic heterocycles. The van der Waals surface area contributed by atoms with Crippen LogP contribution in [0.15, 0.2) is 63.7 Å². The lowest BCUT2D eigenvalue weighted by Crippen LogP contribution is -2.21. The summed E-state index contributed by atoms with van der Waals surface area (Å²) in [6.07, 6.45) is 0. The fraction of sp³-hybridized carbons (Fsp3) is 0.250. The largest absolute Gasteiger partial charge is 0.372 e. The quantitative estimate of drug-likeness (QED) is 0.375. The maximum absolute atomic E-state index is 12.8. The lowest BCUT2D eigenvalue weighted by Gasteiger charge is -2.40. The van der Waals surface area contributed by atoms with Crippen LogP contribution in [0.4, 0.5) is 36.5 Å². The third kappa shape index (κ3) is 5.15. The molecule has 0 fully saturated rings. The summed E-state index contributed by atoms with van der Waals surface area (Å²) in [7, 11) is -9.72. The number of azo groups is 1. The molecule has 0 spiro atoms. The summed E-state index contributed by atoms with van der Waals surface area (Å²) in [6, 6.07) is 9.64. The van der Waals surface area contributed by atoms with E-state index in [0.29, 0.717) is 17.8 Å². The number of hydrogen-bond acceptors (Lipinski definition) is 3. The van der Waals surface area contributed by atoms with Crippen molar-refractivity contribution in [1.29, 1.82) is 0 Å². The molecule has 3 nitrogen and oxygen atoms in total. The van der Waals surface area contributed by atoms with Crippen LogP contribution in [0, 0.1) is 0 Å². The Morgan fingerprint density at radius 3 is 1.88 bits per heavy atom. The van der Waals surface area contributed by atoms with Gasteiger partial charge >= 0.3 is 10.2 Å². The molecule has 138 valence electrons. The highest BCUT2D eigenvalue weighted by molar-refractivity contribution is 8.45. The first-order valence-electron chi connectivity index (χ1n) is 7.54. The van der Waals surface area contributed by atoms with Crippen molar-refractivity contribution >= 4 is 27.3 Å². The number of hydrogen-bond donors (Lipinski definition) is 0. The molecule has 0 bridgehead atoms. The molecule has 0 atom stereocenters. The zero-order valence-corrected chi connectivity index (χ0v) is 14.5. The molecule has 2 aromatic rings. The molecule has 0 aromatic heterocycles. The van der Waals surface area contributed by atoms with Gasteiger partial charge in [0.15, 0.2) is 0 Å². The number of halogens is 5. The Balaban J connectivity index is 2.23. The van der Waals surface area contributed by atoms with Gasteiger partial charge in [-0.25, -0.2) is 0 Å². The van der Waals surface area contributed by atoms with E-state index in [2.05, 4.69) is 15.1 Å². The molecule has 0 saturated carbocycles. The Labute approximate surface area is 142 Å². The molecule has 0 N–H and O–H groups in total. The fourth-order valence-electron chi connectivity index (χ4n) is 2.22. The number of rotatable bonds is 6. The maximum atomic E-state index is 12.8. The molecule has 0 unspecified atom stereocenters. The van der Waals surface area contributed by atoms with E-state index in [1.807, 2.05) is 26.0 Å². The monoisotopic (exact) mass is 379 g/mol. The second kappa shape index (κ2) is 5.98. The van der Waals surface area contributed by atoms with Crippen molar-refractivity contribution in [1.82, 2.24) is 0 Å². The Morgan fingerprint density at radius 1 is 0.800 bits per heavy atom. The molecule has 2 aromatic carbocycles. The van der Waals surface area contributed by atoms with Crippen molar-refractivity contribution in [2.45, 2.75) is 18.7 Å². The third-order valence-electron chi connectivity index (χ3n) is 3.52. The zero-order valence-electron chi connectivity index (χ0n) is 13.7. The minimum absolute atomic E-state index is 0.293. The van der Waals surface area contributed by atoms with Crippen LogP contribution in [0.25, 0.3) is 0 Å². The molecule has 0 amide bonds.